The van der Waals surface area contributed by atoms with Crippen LogP contribution in [0.4, 0.5) is 5.69 Å². The molecule has 0 atom stereocenters. The Morgan fingerprint density at radius 2 is 1.86 bits per heavy atom. The number of hydrogen-bond acceptors (Lipinski definition) is 3. The van der Waals surface area contributed by atoms with Crippen molar-refractivity contribution in [2.24, 2.45) is 0 Å². The van der Waals surface area contributed by atoms with Crippen LogP contribution in [0, 0.1) is 32.1 Å². The maximum absolute atomic E-state index is 12.5. The van der Waals surface area contributed by atoms with E-state index in [0.717, 1.165) is 26.7 Å². The van der Waals surface area contributed by atoms with Gasteiger partial charge in [-0.05, 0) is 73.9 Å². The number of nitriles is 1. The molecule has 0 saturated heterocycles. The van der Waals surface area contributed by atoms with Crippen molar-refractivity contribution in [2.45, 2.75) is 20.8 Å². The molecule has 3 aromatic rings. The standard InChI is InChI=1S/C23H19BrN2O2/c1-14-4-8-20(21(24)10-14)22-9-7-19(28-22)12-17(13-25)23(27)26-18-6-5-15(2)16(3)11-18/h4-12H,1-3H3,(H,26,27)/b17-12+. The first-order valence-corrected chi connectivity index (χ1v) is 9.53. The van der Waals surface area contributed by atoms with Crippen LogP contribution in [0.15, 0.2) is 63.0 Å². The molecule has 0 spiro atoms. The largest absolute Gasteiger partial charge is 0.457 e. The minimum Gasteiger partial charge on any atom is -0.457 e. The van der Waals surface area contributed by atoms with Gasteiger partial charge in [0.05, 0.1) is 0 Å². The molecule has 0 aliphatic rings. The minimum atomic E-state index is -0.472. The topological polar surface area (TPSA) is 66.0 Å². The van der Waals surface area contributed by atoms with Gasteiger partial charge in [-0.25, -0.2) is 0 Å². The number of nitrogens with one attached hydrogen (secondary N) is 1. The zero-order chi connectivity index (χ0) is 20.3. The molecule has 5 heteroatoms. The van der Waals surface area contributed by atoms with E-state index in [1.165, 1.54) is 6.08 Å². The SMILES string of the molecule is Cc1ccc(-c2ccc(/C=C(\C#N)C(=O)Nc3ccc(C)c(C)c3)o2)c(Br)c1. The molecule has 1 amide bonds. The van der Waals surface area contributed by atoms with Gasteiger partial charge < -0.3 is 9.73 Å². The number of amides is 1. The Kier molecular flexibility index (Phi) is 5.81. The summed E-state index contributed by atoms with van der Waals surface area (Å²) in [5.41, 5.74) is 4.87. The van der Waals surface area contributed by atoms with Crippen LogP contribution in [0.2, 0.25) is 0 Å². The predicted octanol–water partition coefficient (Wildman–Crippen LogP) is 6.18. The van der Waals surface area contributed by atoms with E-state index < -0.39 is 5.91 Å². The smallest absolute Gasteiger partial charge is 0.266 e. The second-order valence-electron chi connectivity index (χ2n) is 6.61. The molecule has 2 aromatic carbocycles. The van der Waals surface area contributed by atoms with Crippen molar-refractivity contribution in [3.8, 4) is 17.4 Å². The van der Waals surface area contributed by atoms with Gasteiger partial charge in [0.2, 0.25) is 0 Å². The average Bonchev–Trinajstić information content (AvgIpc) is 3.11. The highest BCUT2D eigenvalue weighted by atomic mass is 79.9. The summed E-state index contributed by atoms with van der Waals surface area (Å²) in [6.07, 6.45) is 1.45. The predicted molar refractivity (Wildman–Crippen MR) is 115 cm³/mol. The third kappa shape index (κ3) is 4.41. The molecule has 0 aliphatic carbocycles. The van der Waals surface area contributed by atoms with E-state index in [-0.39, 0.29) is 5.57 Å². The van der Waals surface area contributed by atoms with Gasteiger partial charge in [0.25, 0.3) is 5.91 Å². The highest BCUT2D eigenvalue weighted by Gasteiger charge is 2.13. The Morgan fingerprint density at radius 3 is 2.54 bits per heavy atom. The van der Waals surface area contributed by atoms with E-state index in [4.69, 9.17) is 4.42 Å². The van der Waals surface area contributed by atoms with E-state index in [0.29, 0.717) is 17.2 Å². The number of aryl methyl sites for hydroxylation is 3. The summed E-state index contributed by atoms with van der Waals surface area (Å²) in [7, 11) is 0. The van der Waals surface area contributed by atoms with E-state index >= 15 is 0 Å². The molecule has 4 nitrogen and oxygen atoms in total. The molecular weight excluding hydrogens is 416 g/mol. The van der Waals surface area contributed by atoms with Gasteiger partial charge in [0.15, 0.2) is 0 Å². The number of carbonyl (C=O) groups excluding carboxylic acids is 1. The van der Waals surface area contributed by atoms with Gasteiger partial charge in [-0.3, -0.25) is 4.79 Å². The first-order chi connectivity index (χ1) is 13.4. The number of rotatable bonds is 4. The molecule has 0 aliphatic heterocycles. The number of halogens is 1. The zero-order valence-electron chi connectivity index (χ0n) is 15.8. The Morgan fingerprint density at radius 1 is 1.07 bits per heavy atom. The van der Waals surface area contributed by atoms with Gasteiger partial charge in [-0.2, -0.15) is 5.26 Å². The number of nitrogens with zero attached hydrogens (tertiary/aromatic N) is 1. The first-order valence-electron chi connectivity index (χ1n) is 8.74. The maximum atomic E-state index is 12.5. The fourth-order valence-corrected chi connectivity index (χ4v) is 3.39. The van der Waals surface area contributed by atoms with Crippen molar-refractivity contribution >= 4 is 33.6 Å². The molecule has 3 rings (SSSR count). The number of anilines is 1. The highest BCUT2D eigenvalue weighted by molar-refractivity contribution is 9.10. The Balaban J connectivity index is 1.82. The number of furan rings is 1. The highest BCUT2D eigenvalue weighted by Crippen LogP contribution is 2.31. The van der Waals surface area contributed by atoms with E-state index in [1.807, 2.05) is 69.3 Å². The van der Waals surface area contributed by atoms with E-state index in [2.05, 4.69) is 21.2 Å². The number of benzene rings is 2. The Bertz CT molecular complexity index is 1120. The minimum absolute atomic E-state index is 0.0258. The monoisotopic (exact) mass is 434 g/mol. The van der Waals surface area contributed by atoms with Crippen LogP contribution in [-0.4, -0.2) is 5.91 Å². The van der Waals surface area contributed by atoms with Crippen LogP contribution >= 0.6 is 15.9 Å². The summed E-state index contributed by atoms with van der Waals surface area (Å²) in [5, 5.41) is 12.2. The Labute approximate surface area is 172 Å². The zero-order valence-corrected chi connectivity index (χ0v) is 17.4. The summed E-state index contributed by atoms with van der Waals surface area (Å²) in [6.45, 7) is 5.99. The molecule has 28 heavy (non-hydrogen) atoms. The second-order valence-corrected chi connectivity index (χ2v) is 7.46. The molecular formula is C23H19BrN2O2. The lowest BCUT2D eigenvalue weighted by atomic mass is 10.1. The third-order valence-corrected chi connectivity index (χ3v) is 5.09. The normalized spacial score (nSPS) is 11.2. The second kappa shape index (κ2) is 8.28. The lowest BCUT2D eigenvalue weighted by molar-refractivity contribution is -0.112. The molecule has 140 valence electrons. The third-order valence-electron chi connectivity index (χ3n) is 4.43. The van der Waals surface area contributed by atoms with Gasteiger partial charge in [-0.15, -0.1) is 0 Å². The summed E-state index contributed by atoms with van der Waals surface area (Å²) in [6, 6.07) is 17.1. The van der Waals surface area contributed by atoms with Crippen molar-refractivity contribution in [1.29, 1.82) is 5.26 Å². The van der Waals surface area contributed by atoms with Crippen LogP contribution in [-0.2, 0) is 4.79 Å². The maximum Gasteiger partial charge on any atom is 0.266 e. The van der Waals surface area contributed by atoms with Gasteiger partial charge in [0, 0.05) is 21.8 Å². The van der Waals surface area contributed by atoms with Crippen molar-refractivity contribution in [3.63, 3.8) is 0 Å². The van der Waals surface area contributed by atoms with Crippen LogP contribution < -0.4 is 5.32 Å². The summed E-state index contributed by atoms with van der Waals surface area (Å²) < 4.78 is 6.74. The molecule has 1 aromatic heterocycles. The van der Waals surface area contributed by atoms with Gasteiger partial charge in [0.1, 0.15) is 23.2 Å². The first kappa shape index (κ1) is 19.7. The fraction of sp³-hybridized carbons (Fsp3) is 0.130. The Hall–Kier alpha value is -3.10. The van der Waals surface area contributed by atoms with Gasteiger partial charge >= 0.3 is 0 Å². The van der Waals surface area contributed by atoms with Crippen molar-refractivity contribution in [3.05, 3.63) is 81.0 Å². The van der Waals surface area contributed by atoms with Crippen LogP contribution in [0.1, 0.15) is 22.5 Å². The van der Waals surface area contributed by atoms with Crippen LogP contribution in [0.3, 0.4) is 0 Å². The van der Waals surface area contributed by atoms with E-state index in [1.54, 1.807) is 6.07 Å². The van der Waals surface area contributed by atoms with Crippen LogP contribution in [0.5, 0.6) is 0 Å². The van der Waals surface area contributed by atoms with Crippen molar-refractivity contribution in [1.82, 2.24) is 0 Å². The molecule has 0 unspecified atom stereocenters. The number of hydrogen-bond donors (Lipinski definition) is 1. The van der Waals surface area contributed by atoms with Crippen molar-refractivity contribution in [2.75, 3.05) is 5.32 Å². The summed E-state index contributed by atoms with van der Waals surface area (Å²) in [4.78, 5) is 12.5. The molecule has 1 N–H and O–H groups in total. The molecule has 0 radical (unpaired) electrons. The molecule has 0 bridgehead atoms. The number of carbonyl (C=O) groups is 1. The van der Waals surface area contributed by atoms with E-state index in [9.17, 15) is 10.1 Å². The summed E-state index contributed by atoms with van der Waals surface area (Å²) in [5.74, 6) is 0.625. The molecule has 0 fully saturated rings. The van der Waals surface area contributed by atoms with Crippen molar-refractivity contribution < 1.29 is 9.21 Å². The fourth-order valence-electron chi connectivity index (χ4n) is 2.70. The van der Waals surface area contributed by atoms with Gasteiger partial charge in [-0.1, -0.05) is 28.1 Å². The average molecular weight is 435 g/mol. The quantitative estimate of drug-likeness (QED) is 0.393. The summed E-state index contributed by atoms with van der Waals surface area (Å²) >= 11 is 3.54. The lowest BCUT2D eigenvalue weighted by Crippen LogP contribution is -2.13. The molecule has 1 heterocycles. The van der Waals surface area contributed by atoms with Crippen LogP contribution in [0.25, 0.3) is 17.4 Å². The molecule has 0 saturated carbocycles. The lowest BCUT2D eigenvalue weighted by Gasteiger charge is -2.07.